The lowest BCUT2D eigenvalue weighted by Crippen LogP contribution is -2.17. The number of alkyl halides is 2. The van der Waals surface area contributed by atoms with Crippen LogP contribution >= 0.6 is 0 Å². The van der Waals surface area contributed by atoms with E-state index in [1.165, 1.54) is 18.2 Å². The first-order valence-electron chi connectivity index (χ1n) is 5.24. The molecule has 0 aromatic heterocycles. The molecule has 2 rings (SSSR count). The van der Waals surface area contributed by atoms with E-state index in [-0.39, 0.29) is 17.6 Å². The standard InChI is InChI=1S/C11H13F2NO3/c12-11(13)17-9-2-1-7(14)5-10(9)16-8-3-4-15-6-8/h1-2,5,8,11H,3-4,6,14H2. The van der Waals surface area contributed by atoms with Crippen LogP contribution in [0.15, 0.2) is 18.2 Å². The number of benzene rings is 1. The van der Waals surface area contributed by atoms with Crippen LogP contribution in [0.4, 0.5) is 14.5 Å². The van der Waals surface area contributed by atoms with Gasteiger partial charge in [-0.15, -0.1) is 0 Å². The number of halogens is 2. The molecule has 17 heavy (non-hydrogen) atoms. The van der Waals surface area contributed by atoms with Gasteiger partial charge in [0.1, 0.15) is 6.10 Å². The molecule has 2 N–H and O–H groups in total. The van der Waals surface area contributed by atoms with Crippen molar-refractivity contribution >= 4 is 5.69 Å². The van der Waals surface area contributed by atoms with Gasteiger partial charge in [-0.3, -0.25) is 0 Å². The molecule has 1 heterocycles. The van der Waals surface area contributed by atoms with Crippen molar-refractivity contribution in [1.29, 1.82) is 0 Å². The summed E-state index contributed by atoms with van der Waals surface area (Å²) in [6.07, 6.45) is 0.583. The van der Waals surface area contributed by atoms with Crippen LogP contribution in [0.2, 0.25) is 0 Å². The molecule has 1 aromatic carbocycles. The summed E-state index contributed by atoms with van der Waals surface area (Å²) in [5.74, 6) is 0.210. The highest BCUT2D eigenvalue weighted by Crippen LogP contribution is 2.32. The summed E-state index contributed by atoms with van der Waals surface area (Å²) in [4.78, 5) is 0. The van der Waals surface area contributed by atoms with Gasteiger partial charge in [0.2, 0.25) is 0 Å². The van der Waals surface area contributed by atoms with Crippen LogP contribution in [0.3, 0.4) is 0 Å². The van der Waals surface area contributed by atoms with E-state index in [0.717, 1.165) is 6.42 Å². The molecule has 1 atom stereocenters. The van der Waals surface area contributed by atoms with E-state index in [2.05, 4.69) is 4.74 Å². The van der Waals surface area contributed by atoms with Gasteiger partial charge in [0.15, 0.2) is 11.5 Å². The Kier molecular flexibility index (Phi) is 3.63. The van der Waals surface area contributed by atoms with E-state index in [0.29, 0.717) is 18.9 Å². The Bertz CT molecular complexity index is 381. The van der Waals surface area contributed by atoms with Crippen LogP contribution in [-0.2, 0) is 4.74 Å². The zero-order valence-electron chi connectivity index (χ0n) is 9.07. The quantitative estimate of drug-likeness (QED) is 0.825. The summed E-state index contributed by atoms with van der Waals surface area (Å²) in [6.45, 7) is -1.83. The zero-order valence-corrected chi connectivity index (χ0v) is 9.07. The molecule has 0 spiro atoms. The normalized spacial score (nSPS) is 19.6. The first-order chi connectivity index (χ1) is 8.15. The molecule has 1 aliphatic rings. The number of hydrogen-bond donors (Lipinski definition) is 1. The van der Waals surface area contributed by atoms with Crippen molar-refractivity contribution in [3.63, 3.8) is 0 Å². The molecule has 94 valence electrons. The van der Waals surface area contributed by atoms with Gasteiger partial charge in [-0.25, -0.2) is 0 Å². The molecule has 4 nitrogen and oxygen atoms in total. The summed E-state index contributed by atoms with van der Waals surface area (Å²) in [6, 6.07) is 4.32. The van der Waals surface area contributed by atoms with Gasteiger partial charge in [-0.2, -0.15) is 8.78 Å². The maximum atomic E-state index is 12.2. The van der Waals surface area contributed by atoms with E-state index in [1.54, 1.807) is 0 Å². The number of anilines is 1. The van der Waals surface area contributed by atoms with Crippen LogP contribution < -0.4 is 15.2 Å². The Morgan fingerprint density at radius 1 is 1.35 bits per heavy atom. The summed E-state index contributed by atoms with van der Waals surface area (Å²) >= 11 is 0. The molecule has 0 saturated carbocycles. The van der Waals surface area contributed by atoms with Crippen molar-refractivity contribution in [2.75, 3.05) is 18.9 Å². The van der Waals surface area contributed by atoms with Gasteiger partial charge >= 0.3 is 6.61 Å². The van der Waals surface area contributed by atoms with E-state index >= 15 is 0 Å². The fourth-order valence-electron chi connectivity index (χ4n) is 1.60. The molecule has 0 bridgehead atoms. The smallest absolute Gasteiger partial charge is 0.387 e. The minimum absolute atomic E-state index is 0.0129. The molecule has 6 heteroatoms. The molecule has 1 aromatic rings. The summed E-state index contributed by atoms with van der Waals surface area (Å²) in [5, 5.41) is 0. The molecular formula is C11H13F2NO3. The minimum Gasteiger partial charge on any atom is -0.484 e. The maximum absolute atomic E-state index is 12.2. The fraction of sp³-hybridized carbons (Fsp3) is 0.455. The Morgan fingerprint density at radius 2 is 2.18 bits per heavy atom. The van der Waals surface area contributed by atoms with Crippen LogP contribution in [0.1, 0.15) is 6.42 Å². The lowest BCUT2D eigenvalue weighted by Gasteiger charge is -2.16. The molecular weight excluding hydrogens is 232 g/mol. The third kappa shape index (κ3) is 3.20. The molecule has 1 aliphatic heterocycles. The van der Waals surface area contributed by atoms with Crippen LogP contribution in [0, 0.1) is 0 Å². The average molecular weight is 245 g/mol. The van der Waals surface area contributed by atoms with Crippen molar-refractivity contribution < 1.29 is 23.0 Å². The summed E-state index contributed by atoms with van der Waals surface area (Å²) < 4.78 is 39.4. The molecule has 1 unspecified atom stereocenters. The highest BCUT2D eigenvalue weighted by Gasteiger charge is 2.20. The second-order valence-electron chi connectivity index (χ2n) is 3.69. The van der Waals surface area contributed by atoms with Crippen LogP contribution in [0.25, 0.3) is 0 Å². The van der Waals surface area contributed by atoms with Crippen molar-refractivity contribution in [3.05, 3.63) is 18.2 Å². The van der Waals surface area contributed by atoms with Crippen molar-refractivity contribution in [1.82, 2.24) is 0 Å². The van der Waals surface area contributed by atoms with E-state index in [9.17, 15) is 8.78 Å². The summed E-state index contributed by atoms with van der Waals surface area (Å²) in [7, 11) is 0. The third-order valence-corrected chi connectivity index (χ3v) is 2.37. The fourth-order valence-corrected chi connectivity index (χ4v) is 1.60. The van der Waals surface area contributed by atoms with Crippen molar-refractivity contribution in [2.45, 2.75) is 19.1 Å². The number of hydrogen-bond acceptors (Lipinski definition) is 4. The topological polar surface area (TPSA) is 53.7 Å². The lowest BCUT2D eigenvalue weighted by atomic mass is 10.2. The SMILES string of the molecule is Nc1ccc(OC(F)F)c(OC2CCOC2)c1. The van der Waals surface area contributed by atoms with Crippen LogP contribution in [0.5, 0.6) is 11.5 Å². The number of nitrogens with two attached hydrogens (primary N) is 1. The molecule has 1 fully saturated rings. The summed E-state index contributed by atoms with van der Waals surface area (Å²) in [5.41, 5.74) is 6.01. The van der Waals surface area contributed by atoms with Gasteiger partial charge in [0.25, 0.3) is 0 Å². The van der Waals surface area contributed by atoms with Crippen molar-refractivity contribution in [3.8, 4) is 11.5 Å². The predicted molar refractivity (Wildman–Crippen MR) is 57.3 cm³/mol. The third-order valence-electron chi connectivity index (χ3n) is 2.37. The molecule has 0 aliphatic carbocycles. The van der Waals surface area contributed by atoms with E-state index in [4.69, 9.17) is 15.2 Å². The minimum atomic E-state index is -2.89. The Balaban J connectivity index is 2.13. The zero-order chi connectivity index (χ0) is 12.3. The first kappa shape index (κ1) is 11.9. The van der Waals surface area contributed by atoms with Gasteiger partial charge in [-0.1, -0.05) is 0 Å². The lowest BCUT2D eigenvalue weighted by molar-refractivity contribution is -0.0520. The maximum Gasteiger partial charge on any atom is 0.387 e. The second kappa shape index (κ2) is 5.18. The molecule has 0 radical (unpaired) electrons. The van der Waals surface area contributed by atoms with Crippen LogP contribution in [-0.4, -0.2) is 25.9 Å². The number of nitrogen functional groups attached to an aromatic ring is 1. The van der Waals surface area contributed by atoms with Gasteiger partial charge in [-0.05, 0) is 12.1 Å². The number of ether oxygens (including phenoxy) is 3. The van der Waals surface area contributed by atoms with E-state index < -0.39 is 6.61 Å². The molecule has 0 amide bonds. The Hall–Kier alpha value is -1.56. The average Bonchev–Trinajstić information content (AvgIpc) is 2.74. The van der Waals surface area contributed by atoms with E-state index in [1.807, 2.05) is 0 Å². The molecule has 1 saturated heterocycles. The second-order valence-corrected chi connectivity index (χ2v) is 3.69. The highest BCUT2D eigenvalue weighted by molar-refractivity contribution is 5.52. The highest BCUT2D eigenvalue weighted by atomic mass is 19.3. The van der Waals surface area contributed by atoms with Crippen molar-refractivity contribution in [2.24, 2.45) is 0 Å². The monoisotopic (exact) mass is 245 g/mol. The van der Waals surface area contributed by atoms with Gasteiger partial charge in [0, 0.05) is 18.2 Å². The Morgan fingerprint density at radius 3 is 2.82 bits per heavy atom. The van der Waals surface area contributed by atoms with Gasteiger partial charge < -0.3 is 19.9 Å². The predicted octanol–water partition coefficient (Wildman–Crippen LogP) is 2.04. The Labute approximate surface area is 97.3 Å². The van der Waals surface area contributed by atoms with Gasteiger partial charge in [0.05, 0.1) is 13.2 Å². The largest absolute Gasteiger partial charge is 0.484 e. The number of rotatable bonds is 4. The first-order valence-corrected chi connectivity index (χ1v) is 5.24.